The summed E-state index contributed by atoms with van der Waals surface area (Å²) in [5.41, 5.74) is 2.84. The average Bonchev–Trinajstić information content (AvgIpc) is 3.30. The van der Waals surface area contributed by atoms with Gasteiger partial charge < -0.3 is 19.7 Å². The summed E-state index contributed by atoms with van der Waals surface area (Å²) in [7, 11) is 3.27. The van der Waals surface area contributed by atoms with Gasteiger partial charge in [0.05, 0.1) is 25.5 Å². The zero-order valence-electron chi connectivity index (χ0n) is 19.2. The lowest BCUT2D eigenvalue weighted by molar-refractivity contribution is 0.0526. The van der Waals surface area contributed by atoms with Crippen molar-refractivity contribution in [3.8, 4) is 5.75 Å². The number of imidazole rings is 1. The van der Waals surface area contributed by atoms with Gasteiger partial charge in [-0.05, 0) is 55.0 Å². The van der Waals surface area contributed by atoms with Crippen LogP contribution in [0.3, 0.4) is 0 Å². The Hall–Kier alpha value is -4.40. The molecule has 0 aliphatic rings. The number of carbonyl (C=O) groups excluding carboxylic acids is 2. The van der Waals surface area contributed by atoms with Crippen LogP contribution in [0, 0.1) is 0 Å². The zero-order valence-corrected chi connectivity index (χ0v) is 19.2. The summed E-state index contributed by atoms with van der Waals surface area (Å²) in [4.78, 5) is 31.1. The van der Waals surface area contributed by atoms with Gasteiger partial charge in [-0.15, -0.1) is 5.10 Å². The number of carbonyl (C=O) groups is 2. The van der Waals surface area contributed by atoms with Gasteiger partial charge in [-0.1, -0.05) is 18.2 Å². The number of methoxy groups -OCH3 is 1. The Balaban J connectivity index is 1.53. The summed E-state index contributed by atoms with van der Waals surface area (Å²) >= 11 is 0. The van der Waals surface area contributed by atoms with Gasteiger partial charge in [0.25, 0.3) is 5.91 Å². The first-order chi connectivity index (χ1) is 16.5. The summed E-state index contributed by atoms with van der Waals surface area (Å²) < 4.78 is 11.7. The largest absolute Gasteiger partial charge is 0.497 e. The number of fused-ring (bicyclic) bond motifs is 1. The van der Waals surface area contributed by atoms with Crippen LogP contribution in [0.4, 0.5) is 11.5 Å². The van der Waals surface area contributed by atoms with Gasteiger partial charge in [0, 0.05) is 19.3 Å². The van der Waals surface area contributed by atoms with E-state index in [-0.39, 0.29) is 12.5 Å². The quantitative estimate of drug-likeness (QED) is 0.400. The number of ether oxygens (including phenoxy) is 2. The van der Waals surface area contributed by atoms with Crippen molar-refractivity contribution in [3.05, 3.63) is 83.7 Å². The van der Waals surface area contributed by atoms with Crippen LogP contribution in [0.5, 0.6) is 5.75 Å². The Labute approximate surface area is 196 Å². The van der Waals surface area contributed by atoms with Crippen LogP contribution in [0.25, 0.3) is 5.65 Å². The Morgan fingerprint density at radius 1 is 1.09 bits per heavy atom. The Morgan fingerprint density at radius 3 is 2.62 bits per heavy atom. The molecule has 0 fully saturated rings. The van der Waals surface area contributed by atoms with E-state index in [0.717, 1.165) is 11.3 Å². The van der Waals surface area contributed by atoms with Crippen LogP contribution in [0.2, 0.25) is 0 Å². The molecule has 0 aliphatic heterocycles. The molecular weight excluding hydrogens is 434 g/mol. The molecule has 2 aromatic carbocycles. The minimum Gasteiger partial charge on any atom is -0.497 e. The van der Waals surface area contributed by atoms with Crippen molar-refractivity contribution in [1.29, 1.82) is 0 Å². The van der Waals surface area contributed by atoms with E-state index >= 15 is 0 Å². The third-order valence-corrected chi connectivity index (χ3v) is 5.26. The molecule has 4 rings (SSSR count). The molecule has 34 heavy (non-hydrogen) atoms. The fraction of sp³-hybridized carbons (Fsp3) is 0.200. The summed E-state index contributed by atoms with van der Waals surface area (Å²) in [6.45, 7) is 2.58. The van der Waals surface area contributed by atoms with Gasteiger partial charge in [-0.3, -0.25) is 4.79 Å². The fourth-order valence-electron chi connectivity index (χ4n) is 3.39. The number of benzene rings is 2. The average molecular weight is 460 g/mol. The maximum atomic E-state index is 13.3. The van der Waals surface area contributed by atoms with E-state index in [2.05, 4.69) is 15.4 Å². The lowest BCUT2D eigenvalue weighted by Crippen LogP contribution is -2.28. The van der Waals surface area contributed by atoms with Crippen molar-refractivity contribution in [2.75, 3.05) is 31.0 Å². The van der Waals surface area contributed by atoms with Crippen molar-refractivity contribution in [2.45, 2.75) is 13.5 Å². The lowest BCUT2D eigenvalue weighted by atomic mass is 10.2. The van der Waals surface area contributed by atoms with Gasteiger partial charge in [0.1, 0.15) is 11.6 Å². The molecule has 9 heteroatoms. The second-order valence-corrected chi connectivity index (χ2v) is 7.47. The monoisotopic (exact) mass is 459 g/mol. The maximum absolute atomic E-state index is 13.3. The number of nitrogens with one attached hydrogen (secondary N) is 1. The molecule has 9 nitrogen and oxygen atoms in total. The molecule has 174 valence electrons. The standard InChI is InChI=1S/C25H25N5O4/c1-4-34-25(32)18-6-5-7-19(14-18)29(2)24(31)21-16-27-23-13-12-22(28-30(21)23)26-15-17-8-10-20(33-3)11-9-17/h5-14,16H,4,15H2,1-3H3,(H,26,28). The topological polar surface area (TPSA) is 98.1 Å². The predicted octanol–water partition coefficient (Wildman–Crippen LogP) is 3.80. The number of rotatable bonds is 8. The van der Waals surface area contributed by atoms with E-state index < -0.39 is 5.97 Å². The number of nitrogens with zero attached hydrogens (tertiary/aromatic N) is 4. The molecule has 0 saturated carbocycles. The minimum atomic E-state index is -0.436. The molecule has 1 amide bonds. The molecule has 0 radical (unpaired) electrons. The van der Waals surface area contributed by atoms with Crippen molar-refractivity contribution in [3.63, 3.8) is 0 Å². The highest BCUT2D eigenvalue weighted by atomic mass is 16.5. The molecule has 0 atom stereocenters. The van der Waals surface area contributed by atoms with Crippen molar-refractivity contribution in [1.82, 2.24) is 14.6 Å². The van der Waals surface area contributed by atoms with Crippen LogP contribution in [-0.4, -0.2) is 47.2 Å². The molecule has 2 heterocycles. The Morgan fingerprint density at radius 2 is 1.88 bits per heavy atom. The van der Waals surface area contributed by atoms with E-state index in [1.54, 1.807) is 51.4 Å². The molecule has 0 unspecified atom stereocenters. The van der Waals surface area contributed by atoms with E-state index in [4.69, 9.17) is 9.47 Å². The molecule has 0 saturated heterocycles. The van der Waals surface area contributed by atoms with Crippen molar-refractivity contribution >= 4 is 29.0 Å². The van der Waals surface area contributed by atoms with E-state index in [0.29, 0.717) is 35.0 Å². The second-order valence-electron chi connectivity index (χ2n) is 7.47. The first kappa shape index (κ1) is 22.8. The van der Waals surface area contributed by atoms with Crippen LogP contribution < -0.4 is 15.0 Å². The van der Waals surface area contributed by atoms with Crippen LogP contribution in [0.1, 0.15) is 33.3 Å². The second kappa shape index (κ2) is 10.0. The summed E-state index contributed by atoms with van der Waals surface area (Å²) in [5.74, 6) is 0.645. The first-order valence-electron chi connectivity index (χ1n) is 10.8. The third kappa shape index (κ3) is 4.83. The number of aromatic nitrogens is 3. The number of hydrogen-bond acceptors (Lipinski definition) is 7. The smallest absolute Gasteiger partial charge is 0.338 e. The Kier molecular flexibility index (Phi) is 6.72. The number of esters is 1. The molecule has 0 spiro atoms. The van der Waals surface area contributed by atoms with Gasteiger partial charge >= 0.3 is 5.97 Å². The maximum Gasteiger partial charge on any atom is 0.338 e. The highest BCUT2D eigenvalue weighted by Crippen LogP contribution is 2.19. The van der Waals surface area contributed by atoms with Gasteiger partial charge in [-0.2, -0.15) is 0 Å². The first-order valence-corrected chi connectivity index (χ1v) is 10.8. The minimum absolute atomic E-state index is 0.278. The van der Waals surface area contributed by atoms with E-state index in [1.807, 2.05) is 30.3 Å². The van der Waals surface area contributed by atoms with Gasteiger partial charge in [-0.25, -0.2) is 14.3 Å². The molecule has 0 aliphatic carbocycles. The fourth-order valence-corrected chi connectivity index (χ4v) is 3.39. The Bertz CT molecular complexity index is 1320. The van der Waals surface area contributed by atoms with Gasteiger partial charge in [0.15, 0.2) is 11.3 Å². The van der Waals surface area contributed by atoms with Crippen molar-refractivity contribution < 1.29 is 19.1 Å². The van der Waals surface area contributed by atoms with Gasteiger partial charge in [0.2, 0.25) is 0 Å². The summed E-state index contributed by atoms with van der Waals surface area (Å²) in [6, 6.07) is 18.1. The normalized spacial score (nSPS) is 10.7. The molecular formula is C25H25N5O4. The highest BCUT2D eigenvalue weighted by molar-refractivity contribution is 6.05. The molecule has 1 N–H and O–H groups in total. The van der Waals surface area contributed by atoms with E-state index in [9.17, 15) is 9.59 Å². The lowest BCUT2D eigenvalue weighted by Gasteiger charge is -2.17. The summed E-state index contributed by atoms with van der Waals surface area (Å²) in [6.07, 6.45) is 1.49. The third-order valence-electron chi connectivity index (χ3n) is 5.26. The molecule has 0 bridgehead atoms. The highest BCUT2D eigenvalue weighted by Gasteiger charge is 2.20. The van der Waals surface area contributed by atoms with E-state index in [1.165, 1.54) is 15.6 Å². The van der Waals surface area contributed by atoms with Crippen molar-refractivity contribution in [2.24, 2.45) is 0 Å². The SMILES string of the molecule is CCOC(=O)c1cccc(N(C)C(=O)c2cnc3ccc(NCc4ccc(OC)cc4)nn23)c1. The van der Waals surface area contributed by atoms with Crippen LogP contribution >= 0.6 is 0 Å². The van der Waals surface area contributed by atoms with Crippen LogP contribution in [-0.2, 0) is 11.3 Å². The van der Waals surface area contributed by atoms with Crippen LogP contribution in [0.15, 0.2) is 66.9 Å². The number of amides is 1. The molecule has 2 aromatic heterocycles. The molecule has 4 aromatic rings. The predicted molar refractivity (Wildman–Crippen MR) is 128 cm³/mol. The zero-order chi connectivity index (χ0) is 24.1. The number of hydrogen-bond donors (Lipinski definition) is 1. The number of anilines is 2. The summed E-state index contributed by atoms with van der Waals surface area (Å²) in [5, 5.41) is 7.81.